The molecule has 1 spiro atoms. The summed E-state index contributed by atoms with van der Waals surface area (Å²) in [5.41, 5.74) is 2.80. The Morgan fingerprint density at radius 2 is 2.38 bits per heavy atom. The molecule has 1 fully saturated rings. The molecule has 1 N–H and O–H groups in total. The average molecular weight is 285 g/mol. The molecule has 2 aromatic rings. The molecular weight excluding hydrogens is 266 g/mol. The lowest BCUT2D eigenvalue weighted by atomic mass is 9.70. The summed E-state index contributed by atoms with van der Waals surface area (Å²) in [4.78, 5) is 22.8. The summed E-state index contributed by atoms with van der Waals surface area (Å²) in [7, 11) is 0. The number of aromatic amines is 1. The Bertz CT molecular complexity index is 681. The molecule has 5 heteroatoms. The number of nitrogens with one attached hydrogen (secondary N) is 1. The van der Waals surface area contributed by atoms with Crippen molar-refractivity contribution >= 4 is 5.91 Å². The van der Waals surface area contributed by atoms with Gasteiger partial charge in [0, 0.05) is 25.1 Å². The summed E-state index contributed by atoms with van der Waals surface area (Å²) < 4.78 is 5.43. The Morgan fingerprint density at radius 1 is 1.52 bits per heavy atom. The molecule has 1 aliphatic heterocycles. The Morgan fingerprint density at radius 3 is 3.10 bits per heavy atom. The van der Waals surface area contributed by atoms with Gasteiger partial charge in [-0.3, -0.25) is 4.79 Å². The Balaban J connectivity index is 1.74. The Labute approximate surface area is 123 Å². The van der Waals surface area contributed by atoms with Crippen molar-refractivity contribution in [2.24, 2.45) is 0 Å². The summed E-state index contributed by atoms with van der Waals surface area (Å²) >= 11 is 0. The predicted octanol–water partition coefficient (Wildman–Crippen LogP) is 2.64. The number of furan rings is 1. The molecule has 1 saturated carbocycles. The van der Waals surface area contributed by atoms with E-state index in [1.807, 2.05) is 11.8 Å². The topological polar surface area (TPSA) is 62.1 Å². The smallest absolute Gasteiger partial charge is 0.258 e. The minimum atomic E-state index is -0.188. The van der Waals surface area contributed by atoms with Crippen molar-refractivity contribution in [3.05, 3.63) is 41.4 Å². The van der Waals surface area contributed by atoms with Crippen LogP contribution in [0.25, 0.3) is 0 Å². The number of aromatic nitrogens is 2. The lowest BCUT2D eigenvalue weighted by Gasteiger charge is -2.52. The summed E-state index contributed by atoms with van der Waals surface area (Å²) in [6.07, 6.45) is 8.13. The van der Waals surface area contributed by atoms with Gasteiger partial charge in [0.25, 0.3) is 5.91 Å². The maximum Gasteiger partial charge on any atom is 0.258 e. The van der Waals surface area contributed by atoms with Crippen molar-refractivity contribution in [1.82, 2.24) is 14.9 Å². The molecule has 5 nitrogen and oxygen atoms in total. The van der Waals surface area contributed by atoms with E-state index in [0.717, 1.165) is 50.1 Å². The highest BCUT2D eigenvalue weighted by atomic mass is 16.3. The van der Waals surface area contributed by atoms with Crippen LogP contribution in [0.15, 0.2) is 23.1 Å². The number of rotatable bonds is 2. The zero-order chi connectivity index (χ0) is 14.4. The van der Waals surface area contributed by atoms with E-state index >= 15 is 0 Å². The summed E-state index contributed by atoms with van der Waals surface area (Å²) in [5.74, 6) is 0.872. The van der Waals surface area contributed by atoms with Gasteiger partial charge in [-0.2, -0.15) is 0 Å². The first-order chi connectivity index (χ1) is 10.3. The van der Waals surface area contributed by atoms with E-state index in [-0.39, 0.29) is 11.4 Å². The predicted molar refractivity (Wildman–Crippen MR) is 76.9 cm³/mol. The monoisotopic (exact) mass is 285 g/mol. The third-order valence-electron chi connectivity index (χ3n) is 4.98. The third-order valence-corrected chi connectivity index (χ3v) is 4.98. The van der Waals surface area contributed by atoms with Gasteiger partial charge >= 0.3 is 0 Å². The van der Waals surface area contributed by atoms with E-state index in [1.54, 1.807) is 18.7 Å². The van der Waals surface area contributed by atoms with Crippen LogP contribution >= 0.6 is 0 Å². The van der Waals surface area contributed by atoms with E-state index in [9.17, 15) is 4.79 Å². The lowest BCUT2D eigenvalue weighted by molar-refractivity contribution is 0.00440. The molecule has 0 saturated heterocycles. The second-order valence-electron chi connectivity index (χ2n) is 5.93. The van der Waals surface area contributed by atoms with E-state index < -0.39 is 0 Å². The van der Waals surface area contributed by atoms with Gasteiger partial charge in [0.1, 0.15) is 5.76 Å². The largest absolute Gasteiger partial charge is 0.469 e. The average Bonchev–Trinajstić information content (AvgIpc) is 3.11. The number of imidazole rings is 1. The summed E-state index contributed by atoms with van der Waals surface area (Å²) in [5, 5.41) is 0. The highest BCUT2D eigenvalue weighted by Gasteiger charge is 2.51. The van der Waals surface area contributed by atoms with Gasteiger partial charge in [0.05, 0.1) is 29.4 Å². The van der Waals surface area contributed by atoms with Gasteiger partial charge in [0.2, 0.25) is 0 Å². The fraction of sp³-hybridized carbons (Fsp3) is 0.500. The van der Waals surface area contributed by atoms with Gasteiger partial charge in [-0.1, -0.05) is 6.92 Å². The minimum absolute atomic E-state index is 0.0916. The first kappa shape index (κ1) is 12.7. The van der Waals surface area contributed by atoms with Crippen molar-refractivity contribution in [1.29, 1.82) is 0 Å². The van der Waals surface area contributed by atoms with Crippen LogP contribution in [-0.4, -0.2) is 27.3 Å². The molecule has 2 aromatic heterocycles. The Hall–Kier alpha value is -2.04. The second kappa shape index (κ2) is 4.48. The van der Waals surface area contributed by atoms with Gasteiger partial charge in [-0.25, -0.2) is 4.98 Å². The fourth-order valence-electron chi connectivity index (χ4n) is 3.74. The fourth-order valence-corrected chi connectivity index (χ4v) is 3.74. The number of hydrogen-bond acceptors (Lipinski definition) is 3. The molecule has 3 heterocycles. The van der Waals surface area contributed by atoms with Crippen LogP contribution in [0.3, 0.4) is 0 Å². The van der Waals surface area contributed by atoms with Crippen molar-refractivity contribution < 1.29 is 9.21 Å². The zero-order valence-electron chi connectivity index (χ0n) is 12.2. The SMILES string of the molecule is CCc1occc1C(=O)N1CCc2[nH]cnc2C12CCC2. The molecule has 21 heavy (non-hydrogen) atoms. The number of amides is 1. The van der Waals surface area contributed by atoms with E-state index in [0.29, 0.717) is 5.56 Å². The van der Waals surface area contributed by atoms with Crippen LogP contribution in [0.5, 0.6) is 0 Å². The standard InChI is InChI=1S/C16H19N3O2/c1-2-13-11(5-9-21-13)15(20)19-8-4-12-14(18-10-17-12)16(19)6-3-7-16/h5,9-10H,2-4,6-8H2,1H3,(H,17,18). The molecule has 1 aliphatic carbocycles. The van der Waals surface area contributed by atoms with Crippen LogP contribution in [0.2, 0.25) is 0 Å². The number of carbonyl (C=O) groups excluding carboxylic acids is 1. The number of nitrogens with zero attached hydrogens (tertiary/aromatic N) is 2. The molecule has 4 rings (SSSR count). The molecule has 0 radical (unpaired) electrons. The van der Waals surface area contributed by atoms with E-state index in [2.05, 4.69) is 9.97 Å². The zero-order valence-corrected chi connectivity index (χ0v) is 12.2. The third kappa shape index (κ3) is 1.63. The molecule has 1 amide bonds. The quantitative estimate of drug-likeness (QED) is 0.922. The van der Waals surface area contributed by atoms with Gasteiger partial charge < -0.3 is 14.3 Å². The first-order valence-electron chi connectivity index (χ1n) is 7.67. The molecule has 0 atom stereocenters. The summed E-state index contributed by atoms with van der Waals surface area (Å²) in [6, 6.07) is 1.80. The van der Waals surface area contributed by atoms with Crippen molar-refractivity contribution in [3.63, 3.8) is 0 Å². The van der Waals surface area contributed by atoms with Crippen molar-refractivity contribution in [3.8, 4) is 0 Å². The first-order valence-corrected chi connectivity index (χ1v) is 7.67. The second-order valence-corrected chi connectivity index (χ2v) is 5.93. The Kier molecular flexibility index (Phi) is 2.71. The molecule has 110 valence electrons. The molecular formula is C16H19N3O2. The number of fused-ring (bicyclic) bond motifs is 2. The maximum absolute atomic E-state index is 13.0. The number of carbonyl (C=O) groups is 1. The van der Waals surface area contributed by atoms with E-state index in [4.69, 9.17) is 4.42 Å². The lowest BCUT2D eigenvalue weighted by Crippen LogP contribution is -2.57. The van der Waals surface area contributed by atoms with Crippen LogP contribution in [0, 0.1) is 0 Å². The van der Waals surface area contributed by atoms with E-state index in [1.165, 1.54) is 5.69 Å². The number of aryl methyl sites for hydroxylation is 1. The minimum Gasteiger partial charge on any atom is -0.469 e. The van der Waals surface area contributed by atoms with Gasteiger partial charge in [-0.15, -0.1) is 0 Å². The summed E-state index contributed by atoms with van der Waals surface area (Å²) in [6.45, 7) is 2.76. The highest BCUT2D eigenvalue weighted by molar-refractivity contribution is 5.96. The number of H-pyrrole nitrogens is 1. The van der Waals surface area contributed by atoms with Crippen LogP contribution in [0.1, 0.15) is 53.7 Å². The van der Waals surface area contributed by atoms with Gasteiger partial charge in [0.15, 0.2) is 0 Å². The van der Waals surface area contributed by atoms with Crippen LogP contribution < -0.4 is 0 Å². The molecule has 0 unspecified atom stereocenters. The van der Waals surface area contributed by atoms with Gasteiger partial charge in [-0.05, 0) is 25.3 Å². The highest BCUT2D eigenvalue weighted by Crippen LogP contribution is 2.49. The van der Waals surface area contributed by atoms with Crippen LogP contribution in [-0.2, 0) is 18.4 Å². The maximum atomic E-state index is 13.0. The number of hydrogen-bond donors (Lipinski definition) is 1. The molecule has 0 aromatic carbocycles. The normalized spacial score (nSPS) is 19.4. The molecule has 0 bridgehead atoms. The van der Waals surface area contributed by atoms with Crippen LogP contribution in [0.4, 0.5) is 0 Å². The van der Waals surface area contributed by atoms with Crippen molar-refractivity contribution in [2.75, 3.05) is 6.54 Å². The molecule has 2 aliphatic rings. The van der Waals surface area contributed by atoms with Crippen molar-refractivity contribution in [2.45, 2.75) is 44.6 Å².